The van der Waals surface area contributed by atoms with Gasteiger partial charge in [0.05, 0.1) is 32.0 Å². The van der Waals surface area contributed by atoms with E-state index in [0.717, 1.165) is 64.8 Å². The van der Waals surface area contributed by atoms with E-state index in [1.807, 2.05) is 138 Å². The molecule has 11 heteroatoms. The van der Waals surface area contributed by atoms with Crippen LogP contribution in [0.3, 0.4) is 0 Å². The Kier molecular flexibility index (Phi) is 12.6. The van der Waals surface area contributed by atoms with Gasteiger partial charge in [0.25, 0.3) is 0 Å². The summed E-state index contributed by atoms with van der Waals surface area (Å²) < 4.78 is 20.2. The molecule has 4 N–H and O–H groups in total. The van der Waals surface area contributed by atoms with Crippen molar-refractivity contribution >= 4 is 17.0 Å². The lowest BCUT2D eigenvalue weighted by Gasteiger charge is -2.43. The Morgan fingerprint density at radius 1 is 0.612 bits per heavy atom. The Morgan fingerprint density at radius 2 is 1.09 bits per heavy atom. The molecule has 340 valence electrons. The van der Waals surface area contributed by atoms with E-state index in [2.05, 4.69) is 47.0 Å². The average Bonchev–Trinajstić information content (AvgIpc) is 3.98. The van der Waals surface area contributed by atoms with Gasteiger partial charge in [0, 0.05) is 6.04 Å². The van der Waals surface area contributed by atoms with Crippen molar-refractivity contribution in [3.8, 4) is 11.5 Å². The van der Waals surface area contributed by atoms with Gasteiger partial charge >= 0.3 is 0 Å². The first kappa shape index (κ1) is 44.0. The molecular weight excluding hydrogens is 837 g/mol. The number of ether oxygens (including phenoxy) is 3. The van der Waals surface area contributed by atoms with E-state index in [1.54, 1.807) is 26.9 Å². The highest BCUT2D eigenvalue weighted by Crippen LogP contribution is 2.48. The number of aliphatic hydroxyl groups excluding tert-OH is 2. The van der Waals surface area contributed by atoms with Gasteiger partial charge in [0.15, 0.2) is 23.2 Å². The number of anilines is 1. The normalized spacial score (nSPS) is 19.5. The van der Waals surface area contributed by atoms with E-state index in [-0.39, 0.29) is 6.04 Å². The minimum absolute atomic E-state index is 0.147. The molecule has 0 amide bonds. The molecule has 3 heterocycles. The third kappa shape index (κ3) is 8.01. The first-order chi connectivity index (χ1) is 32.9. The summed E-state index contributed by atoms with van der Waals surface area (Å²) in [6, 6.07) is 56.0. The van der Waals surface area contributed by atoms with Crippen molar-refractivity contribution in [1.29, 1.82) is 0 Å². The van der Waals surface area contributed by atoms with Crippen LogP contribution in [-0.2, 0) is 15.7 Å². The van der Waals surface area contributed by atoms with Crippen molar-refractivity contribution in [1.82, 2.24) is 24.8 Å². The summed E-state index contributed by atoms with van der Waals surface area (Å²) in [5, 5.41) is 34.0. The Labute approximate surface area is 391 Å². The summed E-state index contributed by atoms with van der Waals surface area (Å²) >= 11 is 0. The zero-order valence-electron chi connectivity index (χ0n) is 37.7. The summed E-state index contributed by atoms with van der Waals surface area (Å²) in [6.45, 7) is 0. The van der Waals surface area contributed by atoms with Crippen molar-refractivity contribution < 1.29 is 24.4 Å². The van der Waals surface area contributed by atoms with Crippen molar-refractivity contribution in [3.63, 3.8) is 0 Å². The molecule has 5 atom stereocenters. The monoisotopic (exact) mass is 892 g/mol. The Balaban J connectivity index is 1.10. The molecule has 10 rings (SSSR count). The van der Waals surface area contributed by atoms with E-state index >= 15 is 0 Å². The predicted octanol–water partition coefficient (Wildman–Crippen LogP) is 9.19. The van der Waals surface area contributed by atoms with Gasteiger partial charge in [-0.1, -0.05) is 165 Å². The summed E-state index contributed by atoms with van der Waals surface area (Å²) in [5.74, 6) is 1.94. The van der Waals surface area contributed by atoms with Gasteiger partial charge in [0.2, 0.25) is 0 Å². The summed E-state index contributed by atoms with van der Waals surface area (Å²) in [7, 11) is 3.30. The third-order valence-electron chi connectivity index (χ3n) is 14.0. The molecule has 1 saturated heterocycles. The molecule has 2 aliphatic rings. The largest absolute Gasteiger partial charge is 0.497 e. The second kappa shape index (κ2) is 19.1. The number of methoxy groups -OCH3 is 2. The number of fused-ring (bicyclic) bond motifs is 1. The zero-order valence-corrected chi connectivity index (χ0v) is 37.7. The SMILES string of the molecule is COc1ccc(C(Nc2ncnc3c2ncn3[C@@H]2O[C@H](C(O)C(c3ccccc3)(c3ccccc3)c3ccc(OC)cc3)[C@@H](O)C2NC2CCCCC2)(c2ccccc2)c2ccccc2)cc1. The molecular formula is C56H56N6O5. The minimum atomic E-state index is -1.29. The smallest absolute Gasteiger partial charge is 0.167 e. The fourth-order valence-corrected chi connectivity index (χ4v) is 10.7. The van der Waals surface area contributed by atoms with Crippen LogP contribution in [0.5, 0.6) is 11.5 Å². The highest BCUT2D eigenvalue weighted by molar-refractivity contribution is 5.84. The van der Waals surface area contributed by atoms with Crippen LogP contribution < -0.4 is 20.1 Å². The number of hydrogen-bond acceptors (Lipinski definition) is 10. The summed E-state index contributed by atoms with van der Waals surface area (Å²) in [6.07, 6.45) is 4.23. The summed E-state index contributed by atoms with van der Waals surface area (Å²) in [5.41, 5.74) is 4.39. The zero-order chi connectivity index (χ0) is 45.8. The van der Waals surface area contributed by atoms with E-state index in [1.165, 1.54) is 6.42 Å². The van der Waals surface area contributed by atoms with Gasteiger partial charge in [-0.2, -0.15) is 0 Å². The lowest BCUT2D eigenvalue weighted by atomic mass is 9.64. The predicted molar refractivity (Wildman–Crippen MR) is 260 cm³/mol. The number of nitrogens with zero attached hydrogens (tertiary/aromatic N) is 4. The van der Waals surface area contributed by atoms with Gasteiger partial charge in [-0.05, 0) is 70.5 Å². The van der Waals surface area contributed by atoms with Gasteiger partial charge in [-0.25, -0.2) is 15.0 Å². The molecule has 1 aliphatic heterocycles. The topological polar surface area (TPSA) is 136 Å². The van der Waals surface area contributed by atoms with Gasteiger partial charge < -0.3 is 35.1 Å². The fraction of sp³-hybridized carbons (Fsp3) is 0.268. The highest BCUT2D eigenvalue weighted by atomic mass is 16.5. The van der Waals surface area contributed by atoms with Crippen molar-refractivity contribution in [3.05, 3.63) is 216 Å². The first-order valence-corrected chi connectivity index (χ1v) is 23.2. The number of rotatable bonds is 15. The van der Waals surface area contributed by atoms with E-state index in [9.17, 15) is 10.2 Å². The van der Waals surface area contributed by atoms with Crippen LogP contribution in [0.2, 0.25) is 0 Å². The molecule has 2 unspecified atom stereocenters. The Bertz CT molecular complexity index is 2760. The van der Waals surface area contributed by atoms with Crippen LogP contribution in [0.1, 0.15) is 71.7 Å². The van der Waals surface area contributed by atoms with Crippen molar-refractivity contribution in [2.24, 2.45) is 0 Å². The van der Waals surface area contributed by atoms with Crippen LogP contribution in [0, 0.1) is 0 Å². The maximum absolute atomic E-state index is 13.4. The van der Waals surface area contributed by atoms with E-state index in [0.29, 0.717) is 22.7 Å². The molecule has 6 aromatic carbocycles. The third-order valence-corrected chi connectivity index (χ3v) is 14.0. The Morgan fingerprint density at radius 3 is 1.61 bits per heavy atom. The maximum Gasteiger partial charge on any atom is 0.167 e. The first-order valence-electron chi connectivity index (χ1n) is 23.2. The molecule has 2 fully saturated rings. The molecule has 1 saturated carbocycles. The number of nitrogens with one attached hydrogen (secondary N) is 2. The molecule has 0 bridgehead atoms. The van der Waals surface area contributed by atoms with Crippen LogP contribution >= 0.6 is 0 Å². The molecule has 1 aliphatic carbocycles. The molecule has 8 aromatic rings. The molecule has 67 heavy (non-hydrogen) atoms. The van der Waals surface area contributed by atoms with E-state index in [4.69, 9.17) is 29.2 Å². The second-order valence-corrected chi connectivity index (χ2v) is 17.6. The van der Waals surface area contributed by atoms with Gasteiger partial charge in [-0.3, -0.25) is 4.57 Å². The van der Waals surface area contributed by atoms with Gasteiger partial charge in [-0.15, -0.1) is 0 Å². The van der Waals surface area contributed by atoms with Crippen molar-refractivity contribution in [2.75, 3.05) is 19.5 Å². The quantitative estimate of drug-likeness (QED) is 0.0738. The maximum atomic E-state index is 13.4. The van der Waals surface area contributed by atoms with Crippen molar-refractivity contribution in [2.45, 2.75) is 79.7 Å². The number of aliphatic hydroxyl groups is 2. The highest BCUT2D eigenvalue weighted by Gasteiger charge is 2.56. The number of benzene rings is 6. The van der Waals surface area contributed by atoms with Gasteiger partial charge in [0.1, 0.15) is 41.7 Å². The average molecular weight is 893 g/mol. The lowest BCUT2D eigenvalue weighted by Crippen LogP contribution is -2.54. The van der Waals surface area contributed by atoms with Crippen LogP contribution in [-0.4, -0.2) is 74.3 Å². The van der Waals surface area contributed by atoms with Crippen LogP contribution in [0.4, 0.5) is 5.82 Å². The second-order valence-electron chi connectivity index (χ2n) is 17.6. The number of hydrogen-bond donors (Lipinski definition) is 4. The molecule has 0 spiro atoms. The molecule has 11 nitrogen and oxygen atoms in total. The number of aromatic nitrogens is 4. The summed E-state index contributed by atoms with van der Waals surface area (Å²) in [4.78, 5) is 14.8. The fourth-order valence-electron chi connectivity index (χ4n) is 10.7. The standard InChI is InChI=1S/C56H56N6O5/c1-65-45-32-28-40(29-33-45)55(38-18-8-3-9-19-38,39-20-10-4-11-21-39)51(64)50-49(63)47(60-44-26-16-7-17-27-44)54(67-50)62-37-59-48-52(57-36-58-53(48)62)61-56(41-22-12-5-13-23-41,42-24-14-6-15-25-42)43-30-34-46(66-2)35-31-43/h3-6,8-15,18-25,28-37,44,47,49-51,54,60,63-64H,7,16-17,26-27H2,1-2H3,(H,57,58,61)/t47?,49-,50-,51?,54+/m0/s1. The molecule has 2 aromatic heterocycles. The lowest BCUT2D eigenvalue weighted by molar-refractivity contribution is -0.0962. The van der Waals surface area contributed by atoms with Crippen LogP contribution in [0.25, 0.3) is 11.2 Å². The molecule has 0 radical (unpaired) electrons. The Hall–Kier alpha value is -6.89. The minimum Gasteiger partial charge on any atom is -0.497 e. The van der Waals surface area contributed by atoms with Crippen LogP contribution in [0.15, 0.2) is 183 Å². The number of imidazole rings is 1. The van der Waals surface area contributed by atoms with E-state index < -0.39 is 41.5 Å².